The van der Waals surface area contributed by atoms with Gasteiger partial charge in [-0.1, -0.05) is 23.7 Å². The zero-order chi connectivity index (χ0) is 21.0. The highest BCUT2D eigenvalue weighted by molar-refractivity contribution is 6.31. The van der Waals surface area contributed by atoms with Crippen molar-refractivity contribution in [1.29, 1.82) is 0 Å². The molecule has 4 N–H and O–H groups in total. The van der Waals surface area contributed by atoms with Crippen molar-refractivity contribution in [3.8, 4) is 11.5 Å². The largest absolute Gasteiger partial charge is 0.497 e. The van der Waals surface area contributed by atoms with Crippen LogP contribution in [0.4, 0.5) is 0 Å². The van der Waals surface area contributed by atoms with Crippen molar-refractivity contribution in [2.75, 3.05) is 13.7 Å². The quantitative estimate of drug-likeness (QED) is 0.535. The summed E-state index contributed by atoms with van der Waals surface area (Å²) < 4.78 is 16.6. The number of rotatable bonds is 7. The number of benzene rings is 2. The zero-order valence-electron chi connectivity index (χ0n) is 16.0. The Hall–Kier alpha value is -1.87. The van der Waals surface area contributed by atoms with E-state index in [4.69, 9.17) is 25.8 Å². The van der Waals surface area contributed by atoms with Crippen molar-refractivity contribution in [2.45, 2.75) is 44.1 Å². The third-order valence-electron chi connectivity index (χ3n) is 4.89. The third-order valence-corrected chi connectivity index (χ3v) is 5.22. The Morgan fingerprint density at radius 2 is 1.83 bits per heavy atom. The maximum atomic E-state index is 10.3. The smallest absolute Gasteiger partial charge is 0.229 e. The summed E-state index contributed by atoms with van der Waals surface area (Å²) in [6, 6.07) is 10.7. The van der Waals surface area contributed by atoms with Crippen molar-refractivity contribution in [3.63, 3.8) is 0 Å². The lowest BCUT2D eigenvalue weighted by atomic mass is 10.0. The van der Waals surface area contributed by atoms with Crippen LogP contribution in [0.15, 0.2) is 36.4 Å². The molecule has 0 saturated carbocycles. The Kier molecular flexibility index (Phi) is 7.34. The minimum absolute atomic E-state index is 0.105. The summed E-state index contributed by atoms with van der Waals surface area (Å²) in [4.78, 5) is 0. The van der Waals surface area contributed by atoms with Crippen LogP contribution in [0.1, 0.15) is 23.1 Å². The number of hydrogen-bond donors (Lipinski definition) is 4. The van der Waals surface area contributed by atoms with E-state index < -0.39 is 24.6 Å². The van der Waals surface area contributed by atoms with Gasteiger partial charge >= 0.3 is 0 Å². The molecule has 2 aromatic carbocycles. The van der Waals surface area contributed by atoms with Crippen LogP contribution in [0.5, 0.6) is 11.5 Å². The highest BCUT2D eigenvalue weighted by atomic mass is 35.5. The molecule has 1 heterocycles. The van der Waals surface area contributed by atoms with E-state index in [0.29, 0.717) is 28.3 Å². The molecule has 0 aromatic heterocycles. The molecule has 7 nitrogen and oxygen atoms in total. The van der Waals surface area contributed by atoms with Gasteiger partial charge in [0.05, 0.1) is 32.5 Å². The highest BCUT2D eigenvalue weighted by Crippen LogP contribution is 2.34. The second kappa shape index (κ2) is 9.75. The van der Waals surface area contributed by atoms with Crippen molar-refractivity contribution in [2.24, 2.45) is 0 Å². The molecule has 0 spiro atoms. The first-order valence-electron chi connectivity index (χ1n) is 9.29. The van der Waals surface area contributed by atoms with Crippen LogP contribution >= 0.6 is 11.6 Å². The molecule has 2 aromatic rings. The number of methoxy groups -OCH3 is 1. The maximum Gasteiger partial charge on any atom is 0.229 e. The molecule has 0 aliphatic carbocycles. The van der Waals surface area contributed by atoms with Crippen LogP contribution in [-0.2, 0) is 17.8 Å². The van der Waals surface area contributed by atoms with Gasteiger partial charge in [-0.15, -0.1) is 0 Å². The Bertz CT molecular complexity index is 811. The predicted molar refractivity (Wildman–Crippen MR) is 106 cm³/mol. The molecule has 8 heteroatoms. The Balaban J connectivity index is 1.90. The molecule has 1 saturated heterocycles. The second-order valence-corrected chi connectivity index (χ2v) is 7.37. The molecular weight excluding hydrogens is 400 g/mol. The lowest BCUT2D eigenvalue weighted by Gasteiger charge is -2.36. The molecule has 158 valence electrons. The van der Waals surface area contributed by atoms with Crippen LogP contribution in [0.25, 0.3) is 0 Å². The molecular formula is C21H25ClO7. The predicted octanol–water partition coefficient (Wildman–Crippen LogP) is 1.64. The summed E-state index contributed by atoms with van der Waals surface area (Å²) in [5.74, 6) is 1.06. The summed E-state index contributed by atoms with van der Waals surface area (Å²) in [6.07, 6.45) is -3.68. The monoisotopic (exact) mass is 424 g/mol. The number of aliphatic hydroxyl groups excluding tert-OH is 4. The minimum Gasteiger partial charge on any atom is -0.497 e. The Morgan fingerprint density at radius 1 is 1.10 bits per heavy atom. The van der Waals surface area contributed by atoms with Crippen LogP contribution in [-0.4, -0.2) is 58.7 Å². The average Bonchev–Trinajstić information content (AvgIpc) is 2.73. The molecule has 3 rings (SSSR count). The van der Waals surface area contributed by atoms with Crippen LogP contribution in [0.3, 0.4) is 0 Å². The zero-order valence-corrected chi connectivity index (χ0v) is 16.7. The van der Waals surface area contributed by atoms with Gasteiger partial charge in [0.15, 0.2) is 0 Å². The fourth-order valence-electron chi connectivity index (χ4n) is 3.24. The molecule has 0 unspecified atom stereocenters. The van der Waals surface area contributed by atoms with E-state index in [0.717, 1.165) is 11.3 Å². The number of ether oxygens (including phenoxy) is 3. The lowest BCUT2D eigenvalue weighted by Crippen LogP contribution is -2.51. The molecule has 0 radical (unpaired) electrons. The molecule has 1 aliphatic heterocycles. The van der Waals surface area contributed by atoms with E-state index in [-0.39, 0.29) is 19.6 Å². The van der Waals surface area contributed by atoms with Gasteiger partial charge in [0.25, 0.3) is 0 Å². The normalized spacial score (nSPS) is 24.3. The molecule has 29 heavy (non-hydrogen) atoms. The Labute approximate surface area is 174 Å². The van der Waals surface area contributed by atoms with E-state index in [1.165, 1.54) is 0 Å². The molecule has 1 fully saturated rings. The summed E-state index contributed by atoms with van der Waals surface area (Å²) in [6.45, 7) is -0.547. The first-order chi connectivity index (χ1) is 13.9. The number of halogens is 1. The summed E-state index contributed by atoms with van der Waals surface area (Å²) in [5.41, 5.74) is 2.13. The van der Waals surface area contributed by atoms with Gasteiger partial charge in [0.2, 0.25) is 6.29 Å². The van der Waals surface area contributed by atoms with Gasteiger partial charge in [0.1, 0.15) is 17.6 Å². The van der Waals surface area contributed by atoms with Crippen LogP contribution in [0.2, 0.25) is 5.02 Å². The van der Waals surface area contributed by atoms with Gasteiger partial charge in [-0.2, -0.15) is 0 Å². The van der Waals surface area contributed by atoms with Crippen molar-refractivity contribution >= 4 is 11.6 Å². The van der Waals surface area contributed by atoms with E-state index in [9.17, 15) is 20.4 Å². The van der Waals surface area contributed by atoms with Crippen LogP contribution < -0.4 is 9.47 Å². The molecule has 0 amide bonds. The minimum atomic E-state index is -1.29. The summed E-state index contributed by atoms with van der Waals surface area (Å²) in [5, 5.41) is 39.6. The van der Waals surface area contributed by atoms with E-state index in [1.807, 2.05) is 24.3 Å². The van der Waals surface area contributed by atoms with Crippen molar-refractivity contribution < 1.29 is 34.6 Å². The second-order valence-electron chi connectivity index (χ2n) is 6.96. The van der Waals surface area contributed by atoms with Gasteiger partial charge in [-0.3, -0.25) is 0 Å². The standard InChI is InChI=1S/C21H25ClO7/c1-27-14-4-2-12(3-5-14)6-16-17(22)7-13(10-23)8-19(16)29-21-20(26)18(25)9-15(11-24)28-21/h2-5,7-8,15,18,20-21,23-26H,6,9-11H2,1H3/t15-,18-,20+,21+/m0/s1. The summed E-state index contributed by atoms with van der Waals surface area (Å²) in [7, 11) is 1.59. The molecule has 0 bridgehead atoms. The summed E-state index contributed by atoms with van der Waals surface area (Å²) >= 11 is 6.45. The number of aliphatic hydroxyl groups is 4. The molecule has 4 atom stereocenters. The SMILES string of the molecule is COc1ccc(Cc2c(Cl)cc(CO)cc2O[C@H]2O[C@H](CO)C[C@H](O)[C@H]2O)cc1. The van der Waals surface area contributed by atoms with E-state index in [1.54, 1.807) is 19.2 Å². The van der Waals surface area contributed by atoms with E-state index >= 15 is 0 Å². The fourth-order valence-corrected chi connectivity index (χ4v) is 3.54. The first-order valence-corrected chi connectivity index (χ1v) is 9.67. The van der Waals surface area contributed by atoms with Gasteiger partial charge in [-0.05, 0) is 35.4 Å². The number of hydrogen-bond acceptors (Lipinski definition) is 7. The lowest BCUT2D eigenvalue weighted by molar-refractivity contribution is -0.240. The van der Waals surface area contributed by atoms with Gasteiger partial charge < -0.3 is 34.6 Å². The van der Waals surface area contributed by atoms with Crippen molar-refractivity contribution in [3.05, 3.63) is 58.1 Å². The maximum absolute atomic E-state index is 10.3. The van der Waals surface area contributed by atoms with Gasteiger partial charge in [-0.25, -0.2) is 0 Å². The van der Waals surface area contributed by atoms with Crippen molar-refractivity contribution in [1.82, 2.24) is 0 Å². The highest BCUT2D eigenvalue weighted by Gasteiger charge is 2.38. The van der Waals surface area contributed by atoms with E-state index in [2.05, 4.69) is 0 Å². The fraction of sp³-hybridized carbons (Fsp3) is 0.429. The Morgan fingerprint density at radius 3 is 2.45 bits per heavy atom. The van der Waals surface area contributed by atoms with Crippen LogP contribution in [0, 0.1) is 0 Å². The first kappa shape index (κ1) is 21.8. The molecule has 1 aliphatic rings. The third kappa shape index (κ3) is 5.19. The topological polar surface area (TPSA) is 109 Å². The van der Waals surface area contributed by atoms with Gasteiger partial charge in [0, 0.05) is 23.4 Å². The average molecular weight is 425 g/mol.